The Morgan fingerprint density at radius 1 is 1.17 bits per heavy atom. The van der Waals surface area contributed by atoms with E-state index in [1.54, 1.807) is 0 Å². The van der Waals surface area contributed by atoms with Gasteiger partial charge in [-0.1, -0.05) is 19.1 Å². The standard InChI is InChI=1S/C23H39N7/c1-5-24-23(26-17-19(2)18-29-15-13-28(4)14-16-29)25-11-8-12-30-20(3)27-21-9-6-7-10-22(21)30/h6-7,9-10,19H,5,8,11-18H2,1-4H3,(H2,24,25,26). The fourth-order valence-corrected chi connectivity index (χ4v) is 4.04. The zero-order chi connectivity index (χ0) is 21.3. The summed E-state index contributed by atoms with van der Waals surface area (Å²) in [5.41, 5.74) is 2.29. The molecule has 1 aromatic heterocycles. The minimum absolute atomic E-state index is 0.559. The summed E-state index contributed by atoms with van der Waals surface area (Å²) < 4.78 is 2.30. The molecule has 30 heavy (non-hydrogen) atoms. The number of aromatic nitrogens is 2. The third-order valence-corrected chi connectivity index (χ3v) is 5.77. The lowest BCUT2D eigenvalue weighted by Crippen LogP contribution is -2.46. The number of hydrogen-bond donors (Lipinski definition) is 2. The molecule has 0 saturated carbocycles. The highest BCUT2D eigenvalue weighted by Gasteiger charge is 2.16. The van der Waals surface area contributed by atoms with Crippen molar-refractivity contribution >= 4 is 17.0 Å². The first kappa shape index (κ1) is 22.6. The molecule has 1 saturated heterocycles. The fraction of sp³-hybridized carbons (Fsp3) is 0.652. The van der Waals surface area contributed by atoms with Crippen LogP contribution in [0.2, 0.25) is 0 Å². The highest BCUT2D eigenvalue weighted by Crippen LogP contribution is 2.15. The third-order valence-electron chi connectivity index (χ3n) is 5.77. The molecule has 2 heterocycles. The van der Waals surface area contributed by atoms with E-state index in [2.05, 4.69) is 76.0 Å². The van der Waals surface area contributed by atoms with Crippen LogP contribution in [0.15, 0.2) is 29.3 Å². The van der Waals surface area contributed by atoms with Gasteiger partial charge >= 0.3 is 0 Å². The number of hydrogen-bond acceptors (Lipinski definition) is 4. The van der Waals surface area contributed by atoms with Crippen LogP contribution >= 0.6 is 0 Å². The molecule has 7 nitrogen and oxygen atoms in total. The molecule has 7 heteroatoms. The van der Waals surface area contributed by atoms with E-state index in [0.29, 0.717) is 5.92 Å². The van der Waals surface area contributed by atoms with Gasteiger partial charge in [-0.25, -0.2) is 4.98 Å². The number of benzene rings is 1. The highest BCUT2D eigenvalue weighted by atomic mass is 15.2. The van der Waals surface area contributed by atoms with Crippen molar-refractivity contribution in [3.63, 3.8) is 0 Å². The average molecular weight is 414 g/mol. The number of guanidine groups is 1. The van der Waals surface area contributed by atoms with E-state index in [1.165, 1.54) is 31.7 Å². The van der Waals surface area contributed by atoms with Gasteiger partial charge in [-0.2, -0.15) is 0 Å². The van der Waals surface area contributed by atoms with Gasteiger partial charge in [0.25, 0.3) is 0 Å². The zero-order valence-corrected chi connectivity index (χ0v) is 19.2. The minimum atomic E-state index is 0.559. The second kappa shape index (κ2) is 11.3. The van der Waals surface area contributed by atoms with Gasteiger partial charge in [-0.05, 0) is 45.4 Å². The molecule has 0 spiro atoms. The van der Waals surface area contributed by atoms with Gasteiger partial charge in [0.1, 0.15) is 5.82 Å². The number of para-hydroxylation sites is 2. The van der Waals surface area contributed by atoms with Crippen LogP contribution in [-0.2, 0) is 6.54 Å². The van der Waals surface area contributed by atoms with Crippen molar-refractivity contribution in [1.82, 2.24) is 30.0 Å². The summed E-state index contributed by atoms with van der Waals surface area (Å²) in [5.74, 6) is 2.56. The lowest BCUT2D eigenvalue weighted by molar-refractivity contribution is 0.140. The molecule has 0 bridgehead atoms. The van der Waals surface area contributed by atoms with Crippen LogP contribution in [0.25, 0.3) is 11.0 Å². The maximum Gasteiger partial charge on any atom is 0.191 e. The van der Waals surface area contributed by atoms with Gasteiger partial charge in [0, 0.05) is 58.9 Å². The van der Waals surface area contributed by atoms with Crippen molar-refractivity contribution in [1.29, 1.82) is 0 Å². The molecule has 1 unspecified atom stereocenters. The first-order valence-electron chi connectivity index (χ1n) is 11.4. The Bertz CT molecular complexity index is 805. The summed E-state index contributed by atoms with van der Waals surface area (Å²) in [4.78, 5) is 14.5. The smallest absolute Gasteiger partial charge is 0.191 e. The van der Waals surface area contributed by atoms with Gasteiger partial charge in [0.15, 0.2) is 5.96 Å². The molecule has 0 amide bonds. The quantitative estimate of drug-likeness (QED) is 0.375. The van der Waals surface area contributed by atoms with Gasteiger partial charge in [0.2, 0.25) is 0 Å². The van der Waals surface area contributed by atoms with E-state index < -0.39 is 0 Å². The molecule has 1 fully saturated rings. The Labute approximate surface area is 181 Å². The second-order valence-electron chi connectivity index (χ2n) is 8.51. The summed E-state index contributed by atoms with van der Waals surface area (Å²) >= 11 is 0. The van der Waals surface area contributed by atoms with Crippen LogP contribution < -0.4 is 10.6 Å². The van der Waals surface area contributed by atoms with E-state index in [-0.39, 0.29) is 0 Å². The van der Waals surface area contributed by atoms with E-state index in [1.807, 2.05) is 6.07 Å². The summed E-state index contributed by atoms with van der Waals surface area (Å²) in [6, 6.07) is 8.36. The number of nitrogens with one attached hydrogen (secondary N) is 2. The number of piperazine rings is 1. The van der Waals surface area contributed by atoms with Crippen molar-refractivity contribution in [2.24, 2.45) is 10.9 Å². The Morgan fingerprint density at radius 2 is 1.93 bits per heavy atom. The number of imidazole rings is 1. The van der Waals surface area contributed by atoms with Crippen molar-refractivity contribution in [2.45, 2.75) is 33.7 Å². The summed E-state index contributed by atoms with van der Waals surface area (Å²) in [5, 5.41) is 6.88. The third kappa shape index (κ3) is 6.44. The molecule has 2 aromatic rings. The van der Waals surface area contributed by atoms with Crippen LogP contribution in [-0.4, -0.2) is 84.7 Å². The summed E-state index contributed by atoms with van der Waals surface area (Å²) in [7, 11) is 2.20. The molecule has 2 N–H and O–H groups in total. The molecular weight excluding hydrogens is 374 g/mol. The first-order valence-corrected chi connectivity index (χ1v) is 11.4. The molecule has 0 radical (unpaired) electrons. The van der Waals surface area contributed by atoms with Crippen LogP contribution in [0.1, 0.15) is 26.1 Å². The predicted molar refractivity (Wildman–Crippen MR) is 126 cm³/mol. The summed E-state index contributed by atoms with van der Waals surface area (Å²) in [6.07, 6.45) is 1.03. The zero-order valence-electron chi connectivity index (χ0n) is 19.2. The van der Waals surface area contributed by atoms with Gasteiger partial charge in [-0.15, -0.1) is 0 Å². The maximum absolute atomic E-state index is 4.83. The number of likely N-dealkylation sites (N-methyl/N-ethyl adjacent to an activating group) is 1. The Kier molecular flexibility index (Phi) is 8.51. The molecule has 166 valence electrons. The fourth-order valence-electron chi connectivity index (χ4n) is 4.04. The second-order valence-corrected chi connectivity index (χ2v) is 8.51. The Morgan fingerprint density at radius 3 is 2.70 bits per heavy atom. The molecule has 1 aromatic carbocycles. The topological polar surface area (TPSA) is 60.7 Å². The van der Waals surface area contributed by atoms with E-state index in [9.17, 15) is 0 Å². The highest BCUT2D eigenvalue weighted by molar-refractivity contribution is 5.79. The monoisotopic (exact) mass is 413 g/mol. The van der Waals surface area contributed by atoms with Crippen molar-refractivity contribution in [2.75, 3.05) is 59.4 Å². The number of rotatable bonds is 9. The van der Waals surface area contributed by atoms with Crippen LogP contribution in [0.5, 0.6) is 0 Å². The Hall–Kier alpha value is -2.12. The lowest BCUT2D eigenvalue weighted by atomic mass is 10.1. The predicted octanol–water partition coefficient (Wildman–Crippen LogP) is 2.17. The number of nitrogens with zero attached hydrogens (tertiary/aromatic N) is 5. The van der Waals surface area contributed by atoms with Crippen LogP contribution in [0.3, 0.4) is 0 Å². The normalized spacial score (nSPS) is 17.4. The maximum atomic E-state index is 4.83. The molecule has 1 aliphatic rings. The van der Waals surface area contributed by atoms with Gasteiger partial charge in [0.05, 0.1) is 11.0 Å². The van der Waals surface area contributed by atoms with E-state index >= 15 is 0 Å². The van der Waals surface area contributed by atoms with Crippen molar-refractivity contribution in [3.8, 4) is 0 Å². The number of fused-ring (bicyclic) bond motifs is 1. The largest absolute Gasteiger partial charge is 0.357 e. The van der Waals surface area contributed by atoms with Gasteiger partial charge < -0.3 is 25.0 Å². The molecule has 1 aliphatic heterocycles. The SMILES string of the molecule is CCNC(=NCC(C)CN1CCN(C)CC1)NCCCn1c(C)nc2ccccc21. The van der Waals surface area contributed by atoms with Crippen LogP contribution in [0.4, 0.5) is 0 Å². The molecular formula is C23H39N7. The molecule has 0 aliphatic carbocycles. The summed E-state index contributed by atoms with van der Waals surface area (Å²) in [6.45, 7) is 15.9. The van der Waals surface area contributed by atoms with Gasteiger partial charge in [-0.3, -0.25) is 4.99 Å². The minimum Gasteiger partial charge on any atom is -0.357 e. The van der Waals surface area contributed by atoms with E-state index in [4.69, 9.17) is 4.99 Å². The first-order chi connectivity index (χ1) is 14.6. The average Bonchev–Trinajstić information content (AvgIpc) is 3.06. The van der Waals surface area contributed by atoms with Crippen molar-refractivity contribution in [3.05, 3.63) is 30.1 Å². The number of aryl methyl sites for hydroxylation is 2. The van der Waals surface area contributed by atoms with Crippen LogP contribution in [0, 0.1) is 12.8 Å². The molecule has 3 rings (SSSR count). The lowest BCUT2D eigenvalue weighted by Gasteiger charge is -2.33. The molecule has 1 atom stereocenters. The number of aliphatic imine (C=N–C) groups is 1. The van der Waals surface area contributed by atoms with E-state index in [0.717, 1.165) is 56.4 Å². The van der Waals surface area contributed by atoms with Crippen molar-refractivity contribution < 1.29 is 0 Å². The Balaban J connectivity index is 1.43.